The Morgan fingerprint density at radius 1 is 1.05 bits per heavy atom. The first kappa shape index (κ1) is 14.0. The molecule has 2 rings (SSSR count). The molecular formula is C17H17NO2. The topological polar surface area (TPSA) is 49.7 Å². The molecule has 0 aliphatic heterocycles. The van der Waals surface area contributed by atoms with Crippen LogP contribution < -0.4 is 0 Å². The Hall–Kier alpha value is -2.42. The third-order valence-corrected chi connectivity index (χ3v) is 3.02. The number of carbonyl (C=O) groups is 1. The highest BCUT2D eigenvalue weighted by Gasteiger charge is 2.03. The molecule has 0 aliphatic rings. The fourth-order valence-corrected chi connectivity index (χ4v) is 1.88. The first-order valence-corrected chi connectivity index (χ1v) is 6.51. The molecule has 0 unspecified atom stereocenters. The Labute approximate surface area is 118 Å². The van der Waals surface area contributed by atoms with Crippen LogP contribution in [-0.2, 0) is 11.2 Å². The molecule has 0 atom stereocenters. The highest BCUT2D eigenvalue weighted by Crippen LogP contribution is 2.10. The van der Waals surface area contributed by atoms with E-state index in [0.717, 1.165) is 16.8 Å². The van der Waals surface area contributed by atoms with Gasteiger partial charge in [-0.2, -0.15) is 0 Å². The van der Waals surface area contributed by atoms with Gasteiger partial charge in [-0.3, -0.25) is 9.79 Å². The van der Waals surface area contributed by atoms with E-state index >= 15 is 0 Å². The van der Waals surface area contributed by atoms with Crippen LogP contribution in [0.4, 0.5) is 0 Å². The van der Waals surface area contributed by atoms with Crippen molar-refractivity contribution in [3.8, 4) is 5.75 Å². The molecule has 0 fully saturated rings. The summed E-state index contributed by atoms with van der Waals surface area (Å²) in [5.41, 5.74) is 2.72. The van der Waals surface area contributed by atoms with Gasteiger partial charge < -0.3 is 5.11 Å². The highest BCUT2D eigenvalue weighted by atomic mass is 16.3. The van der Waals surface area contributed by atoms with Crippen LogP contribution in [0.25, 0.3) is 0 Å². The van der Waals surface area contributed by atoms with E-state index < -0.39 is 0 Å². The second kappa shape index (κ2) is 6.66. The molecule has 3 nitrogen and oxygen atoms in total. The SMILES string of the molecule is CC(=NCC(=O)Cc1ccccc1)c1ccc(O)cc1. The zero-order valence-corrected chi connectivity index (χ0v) is 11.4. The maximum atomic E-state index is 11.9. The molecule has 0 aliphatic carbocycles. The summed E-state index contributed by atoms with van der Waals surface area (Å²) in [6.45, 7) is 2.05. The number of aliphatic imine (C=N–C) groups is 1. The first-order chi connectivity index (χ1) is 9.65. The molecule has 2 aromatic rings. The smallest absolute Gasteiger partial charge is 0.158 e. The predicted octanol–water partition coefficient (Wildman–Crippen LogP) is 3.01. The minimum atomic E-state index is 0.0920. The molecule has 0 bridgehead atoms. The van der Waals surface area contributed by atoms with Gasteiger partial charge in [0.1, 0.15) is 5.75 Å². The summed E-state index contributed by atoms with van der Waals surface area (Å²) < 4.78 is 0. The lowest BCUT2D eigenvalue weighted by Gasteiger charge is -2.02. The van der Waals surface area contributed by atoms with Gasteiger partial charge in [0, 0.05) is 12.1 Å². The minimum absolute atomic E-state index is 0.0920. The first-order valence-electron chi connectivity index (χ1n) is 6.51. The van der Waals surface area contributed by atoms with Gasteiger partial charge in [0.15, 0.2) is 5.78 Å². The van der Waals surface area contributed by atoms with Crippen molar-refractivity contribution in [2.45, 2.75) is 13.3 Å². The molecule has 0 amide bonds. The molecule has 0 spiro atoms. The molecule has 1 N–H and O–H groups in total. The second-order valence-electron chi connectivity index (χ2n) is 4.65. The van der Waals surface area contributed by atoms with Gasteiger partial charge in [0.2, 0.25) is 0 Å². The van der Waals surface area contributed by atoms with Crippen molar-refractivity contribution in [3.05, 3.63) is 65.7 Å². The Morgan fingerprint density at radius 3 is 2.35 bits per heavy atom. The number of hydrogen-bond acceptors (Lipinski definition) is 3. The molecule has 0 radical (unpaired) electrons. The fraction of sp³-hybridized carbons (Fsp3) is 0.176. The van der Waals surface area contributed by atoms with Crippen LogP contribution >= 0.6 is 0 Å². The summed E-state index contributed by atoms with van der Waals surface area (Å²) in [5, 5.41) is 9.23. The van der Waals surface area contributed by atoms with Crippen molar-refractivity contribution in [2.75, 3.05) is 6.54 Å². The average Bonchev–Trinajstić information content (AvgIpc) is 2.46. The lowest BCUT2D eigenvalue weighted by molar-refractivity contribution is -0.117. The lowest BCUT2D eigenvalue weighted by atomic mass is 10.1. The number of nitrogens with zero attached hydrogens (tertiary/aromatic N) is 1. The third kappa shape index (κ3) is 4.05. The summed E-state index contributed by atoms with van der Waals surface area (Å²) in [5.74, 6) is 0.316. The van der Waals surface area contributed by atoms with Crippen LogP contribution in [0, 0.1) is 0 Å². The normalized spacial score (nSPS) is 11.3. The quantitative estimate of drug-likeness (QED) is 0.847. The summed E-state index contributed by atoms with van der Waals surface area (Å²) in [6, 6.07) is 16.5. The number of phenols is 1. The fourth-order valence-electron chi connectivity index (χ4n) is 1.88. The molecule has 0 heterocycles. The maximum absolute atomic E-state index is 11.9. The van der Waals surface area contributed by atoms with Gasteiger partial charge in [-0.25, -0.2) is 0 Å². The number of benzene rings is 2. The van der Waals surface area contributed by atoms with Crippen molar-refractivity contribution in [3.63, 3.8) is 0 Å². The van der Waals surface area contributed by atoms with E-state index in [9.17, 15) is 9.90 Å². The number of Topliss-reactive ketones (excluding diaryl/α,β-unsaturated/α-hetero) is 1. The van der Waals surface area contributed by atoms with Crippen LogP contribution in [0.5, 0.6) is 5.75 Å². The number of phenolic OH excluding ortho intramolecular Hbond substituents is 1. The molecule has 0 saturated carbocycles. The number of rotatable bonds is 5. The summed E-state index contributed by atoms with van der Waals surface area (Å²) in [4.78, 5) is 16.2. The number of hydrogen-bond donors (Lipinski definition) is 1. The average molecular weight is 267 g/mol. The molecular weight excluding hydrogens is 250 g/mol. The Bertz CT molecular complexity index is 601. The van der Waals surface area contributed by atoms with Crippen LogP contribution in [0.2, 0.25) is 0 Å². The van der Waals surface area contributed by atoms with E-state index in [4.69, 9.17) is 0 Å². The highest BCUT2D eigenvalue weighted by molar-refractivity contribution is 6.00. The van der Waals surface area contributed by atoms with Gasteiger partial charge in [-0.15, -0.1) is 0 Å². The lowest BCUT2D eigenvalue weighted by Crippen LogP contribution is -2.08. The van der Waals surface area contributed by atoms with E-state index in [0.29, 0.717) is 6.42 Å². The summed E-state index contributed by atoms with van der Waals surface area (Å²) in [6.07, 6.45) is 0.410. The van der Waals surface area contributed by atoms with Crippen LogP contribution in [0.15, 0.2) is 59.6 Å². The molecule has 20 heavy (non-hydrogen) atoms. The molecule has 102 valence electrons. The molecule has 3 heteroatoms. The van der Waals surface area contributed by atoms with Crippen molar-refractivity contribution in [1.82, 2.24) is 0 Å². The van der Waals surface area contributed by atoms with E-state index in [1.807, 2.05) is 37.3 Å². The summed E-state index contributed by atoms with van der Waals surface area (Å²) in [7, 11) is 0. The van der Waals surface area contributed by atoms with Gasteiger partial charge in [-0.05, 0) is 42.3 Å². The van der Waals surface area contributed by atoms with Crippen molar-refractivity contribution >= 4 is 11.5 Å². The summed E-state index contributed by atoms with van der Waals surface area (Å²) >= 11 is 0. The predicted molar refractivity (Wildman–Crippen MR) is 80.3 cm³/mol. The standard InChI is InChI=1S/C17H17NO2/c1-13(15-7-9-16(19)10-8-15)18-12-17(20)11-14-5-3-2-4-6-14/h2-10,19H,11-12H2,1H3. The van der Waals surface area contributed by atoms with Crippen molar-refractivity contribution in [1.29, 1.82) is 0 Å². The zero-order chi connectivity index (χ0) is 14.4. The Balaban J connectivity index is 1.95. The zero-order valence-electron chi connectivity index (χ0n) is 11.4. The van der Waals surface area contributed by atoms with Crippen molar-refractivity contribution in [2.24, 2.45) is 4.99 Å². The van der Waals surface area contributed by atoms with Gasteiger partial charge >= 0.3 is 0 Å². The van der Waals surface area contributed by atoms with E-state index in [2.05, 4.69) is 4.99 Å². The second-order valence-corrected chi connectivity index (χ2v) is 4.65. The van der Waals surface area contributed by atoms with E-state index in [1.165, 1.54) is 0 Å². The number of carbonyl (C=O) groups excluding carboxylic acids is 1. The molecule has 0 aromatic heterocycles. The number of aromatic hydroxyl groups is 1. The van der Waals surface area contributed by atoms with Crippen molar-refractivity contribution < 1.29 is 9.90 Å². The monoisotopic (exact) mass is 267 g/mol. The van der Waals surface area contributed by atoms with Crippen LogP contribution in [0.1, 0.15) is 18.1 Å². The molecule has 0 saturated heterocycles. The minimum Gasteiger partial charge on any atom is -0.508 e. The van der Waals surface area contributed by atoms with E-state index in [-0.39, 0.29) is 18.1 Å². The van der Waals surface area contributed by atoms with E-state index in [1.54, 1.807) is 24.3 Å². The Kier molecular flexibility index (Phi) is 4.66. The van der Waals surface area contributed by atoms with Gasteiger partial charge in [-0.1, -0.05) is 30.3 Å². The largest absolute Gasteiger partial charge is 0.508 e. The third-order valence-electron chi connectivity index (χ3n) is 3.02. The van der Waals surface area contributed by atoms with Crippen LogP contribution in [0.3, 0.4) is 0 Å². The maximum Gasteiger partial charge on any atom is 0.158 e. The van der Waals surface area contributed by atoms with Crippen LogP contribution in [-0.4, -0.2) is 23.1 Å². The Morgan fingerprint density at radius 2 is 1.70 bits per heavy atom. The molecule has 2 aromatic carbocycles. The van der Waals surface area contributed by atoms with Gasteiger partial charge in [0.05, 0.1) is 6.54 Å². The number of ketones is 1. The van der Waals surface area contributed by atoms with Gasteiger partial charge in [0.25, 0.3) is 0 Å².